The molecular weight excluding hydrogens is 266 g/mol. The smallest absolute Gasteiger partial charge is 0.223 e. The largest absolute Gasteiger partial charge is 0.365 e. The minimum atomic E-state index is 0.198. The highest BCUT2D eigenvalue weighted by Gasteiger charge is 2.47. The molecule has 2 heterocycles. The number of carbonyl (C=O) groups is 1. The lowest BCUT2D eigenvalue weighted by Crippen LogP contribution is -2.58. The molecule has 3 rings (SSSR count). The van der Waals surface area contributed by atoms with Gasteiger partial charge in [0.2, 0.25) is 5.91 Å². The van der Waals surface area contributed by atoms with E-state index in [0.29, 0.717) is 25.4 Å². The Labute approximate surface area is 125 Å². The number of rotatable bonds is 5. The third kappa shape index (κ3) is 2.84. The molecule has 5 heteroatoms. The Hall–Kier alpha value is -1.36. The summed E-state index contributed by atoms with van der Waals surface area (Å²) in [4.78, 5) is 14.8. The summed E-state index contributed by atoms with van der Waals surface area (Å²) in [5.74, 6) is 0.252. The highest BCUT2D eigenvalue weighted by Crippen LogP contribution is 2.47. The monoisotopic (exact) mass is 291 g/mol. The average molecular weight is 291 g/mol. The second-order valence-corrected chi connectivity index (χ2v) is 6.51. The second kappa shape index (κ2) is 6.18. The van der Waals surface area contributed by atoms with Crippen LogP contribution in [0.3, 0.4) is 0 Å². The topological polar surface area (TPSA) is 72.4 Å². The molecule has 0 aromatic carbocycles. The van der Waals surface area contributed by atoms with Gasteiger partial charge in [-0.25, -0.2) is 0 Å². The highest BCUT2D eigenvalue weighted by molar-refractivity contribution is 5.77. The highest BCUT2D eigenvalue weighted by atomic mass is 16.5. The van der Waals surface area contributed by atoms with Crippen molar-refractivity contribution in [3.05, 3.63) is 18.0 Å². The molecule has 1 aliphatic heterocycles. The van der Waals surface area contributed by atoms with Crippen LogP contribution < -0.4 is 5.73 Å². The molecule has 1 aromatic rings. The molecule has 1 aromatic heterocycles. The normalized spacial score (nSPS) is 24.6. The number of hydrogen-bond donors (Lipinski definition) is 1. The zero-order chi connectivity index (χ0) is 14.7. The van der Waals surface area contributed by atoms with Crippen LogP contribution in [0, 0.1) is 5.41 Å². The third-order valence-corrected chi connectivity index (χ3v) is 5.37. The van der Waals surface area contributed by atoms with Gasteiger partial charge in [0.15, 0.2) is 0 Å². The number of nitrogens with zero attached hydrogens (tertiary/aromatic N) is 2. The lowest BCUT2D eigenvalue weighted by Gasteiger charge is -2.53. The van der Waals surface area contributed by atoms with Crippen molar-refractivity contribution in [3.8, 4) is 0 Å². The van der Waals surface area contributed by atoms with Gasteiger partial charge in [-0.2, -0.15) is 0 Å². The van der Waals surface area contributed by atoms with E-state index in [1.165, 1.54) is 25.7 Å². The summed E-state index contributed by atoms with van der Waals surface area (Å²) in [7, 11) is 0. The first-order valence-corrected chi connectivity index (χ1v) is 8.14. The van der Waals surface area contributed by atoms with E-state index in [0.717, 1.165) is 25.1 Å². The third-order valence-electron chi connectivity index (χ3n) is 5.37. The predicted octanol–water partition coefficient (Wildman–Crippen LogP) is 2.12. The summed E-state index contributed by atoms with van der Waals surface area (Å²) in [6, 6.07) is 2.18. The molecule has 2 aliphatic rings. The van der Waals surface area contributed by atoms with Crippen LogP contribution in [0.1, 0.15) is 50.6 Å². The number of amides is 1. The first kappa shape index (κ1) is 14.6. The van der Waals surface area contributed by atoms with Gasteiger partial charge in [-0.15, -0.1) is 0 Å². The van der Waals surface area contributed by atoms with Gasteiger partial charge in [-0.3, -0.25) is 4.79 Å². The predicted molar refractivity (Wildman–Crippen MR) is 79.5 cm³/mol. The molecule has 1 aliphatic carbocycles. The van der Waals surface area contributed by atoms with Gasteiger partial charge >= 0.3 is 0 Å². The molecule has 2 fully saturated rings. The van der Waals surface area contributed by atoms with Crippen LogP contribution in [0.15, 0.2) is 16.9 Å². The Bertz CT molecular complexity index is 462. The van der Waals surface area contributed by atoms with E-state index in [1.54, 1.807) is 6.26 Å². The number of carbonyl (C=O) groups excluding carboxylic acids is 1. The van der Waals surface area contributed by atoms with Crippen molar-refractivity contribution in [1.82, 2.24) is 10.1 Å². The van der Waals surface area contributed by atoms with Gasteiger partial charge < -0.3 is 15.2 Å². The molecular formula is C16H25N3O2. The van der Waals surface area contributed by atoms with Gasteiger partial charge in [-0.05, 0) is 38.6 Å². The Morgan fingerprint density at radius 1 is 1.43 bits per heavy atom. The van der Waals surface area contributed by atoms with Crippen LogP contribution in [-0.2, 0) is 11.2 Å². The van der Waals surface area contributed by atoms with Gasteiger partial charge in [0.1, 0.15) is 6.26 Å². The van der Waals surface area contributed by atoms with Crippen molar-refractivity contribution >= 4 is 5.91 Å². The molecule has 1 saturated carbocycles. The van der Waals surface area contributed by atoms with E-state index in [2.05, 4.69) is 10.1 Å². The fraction of sp³-hybridized carbons (Fsp3) is 0.750. The van der Waals surface area contributed by atoms with Crippen LogP contribution in [0.25, 0.3) is 0 Å². The van der Waals surface area contributed by atoms with E-state index in [9.17, 15) is 4.79 Å². The number of nitrogens with two attached hydrogens (primary N) is 1. The van der Waals surface area contributed by atoms with E-state index in [-0.39, 0.29) is 11.3 Å². The number of hydrogen-bond acceptors (Lipinski definition) is 4. The Kier molecular flexibility index (Phi) is 4.29. The van der Waals surface area contributed by atoms with E-state index < -0.39 is 0 Å². The summed E-state index contributed by atoms with van der Waals surface area (Å²) in [5, 5.41) is 3.88. The first-order valence-electron chi connectivity index (χ1n) is 8.14. The fourth-order valence-corrected chi connectivity index (χ4v) is 3.92. The van der Waals surface area contributed by atoms with E-state index >= 15 is 0 Å². The number of piperidine rings is 1. The van der Waals surface area contributed by atoms with Crippen LogP contribution in [0.4, 0.5) is 0 Å². The molecule has 0 spiro atoms. The zero-order valence-electron chi connectivity index (χ0n) is 12.6. The molecule has 5 nitrogen and oxygen atoms in total. The van der Waals surface area contributed by atoms with Crippen LogP contribution in [-0.4, -0.2) is 35.1 Å². The van der Waals surface area contributed by atoms with E-state index in [1.807, 2.05) is 6.07 Å². The summed E-state index contributed by atoms with van der Waals surface area (Å²) in [6.07, 6.45) is 9.81. The zero-order valence-corrected chi connectivity index (χ0v) is 12.6. The molecule has 1 saturated heterocycles. The average Bonchev–Trinajstić information content (AvgIpc) is 2.98. The summed E-state index contributed by atoms with van der Waals surface area (Å²) in [5.41, 5.74) is 7.11. The van der Waals surface area contributed by atoms with Crippen molar-refractivity contribution in [2.75, 3.05) is 13.1 Å². The maximum absolute atomic E-state index is 12.6. The van der Waals surface area contributed by atoms with Gasteiger partial charge in [0.05, 0.1) is 5.69 Å². The van der Waals surface area contributed by atoms with Crippen LogP contribution >= 0.6 is 0 Å². The summed E-state index contributed by atoms with van der Waals surface area (Å²) < 4.78 is 4.82. The first-order chi connectivity index (χ1) is 10.2. The van der Waals surface area contributed by atoms with Crippen molar-refractivity contribution < 1.29 is 9.32 Å². The fourth-order valence-electron chi connectivity index (χ4n) is 3.92. The van der Waals surface area contributed by atoms with Gasteiger partial charge in [0.25, 0.3) is 0 Å². The molecule has 1 amide bonds. The van der Waals surface area contributed by atoms with Crippen molar-refractivity contribution in [1.29, 1.82) is 0 Å². The molecule has 21 heavy (non-hydrogen) atoms. The minimum Gasteiger partial charge on any atom is -0.365 e. The number of likely N-dealkylation sites (tertiary alicyclic amines) is 1. The molecule has 0 bridgehead atoms. The Balaban J connectivity index is 1.64. The summed E-state index contributed by atoms with van der Waals surface area (Å²) in [6.45, 7) is 1.61. The van der Waals surface area contributed by atoms with E-state index in [4.69, 9.17) is 10.3 Å². The minimum absolute atomic E-state index is 0.198. The van der Waals surface area contributed by atoms with Crippen LogP contribution in [0.2, 0.25) is 0 Å². The molecule has 2 N–H and O–H groups in total. The van der Waals surface area contributed by atoms with Crippen LogP contribution in [0.5, 0.6) is 0 Å². The van der Waals surface area contributed by atoms with Crippen molar-refractivity contribution in [2.24, 2.45) is 11.1 Å². The molecule has 1 unspecified atom stereocenters. The quantitative estimate of drug-likeness (QED) is 0.902. The number of aryl methyl sites for hydroxylation is 1. The molecule has 116 valence electrons. The Morgan fingerprint density at radius 3 is 2.90 bits per heavy atom. The number of aromatic nitrogens is 1. The maximum atomic E-state index is 12.6. The Morgan fingerprint density at radius 2 is 2.29 bits per heavy atom. The van der Waals surface area contributed by atoms with Gasteiger partial charge in [-0.1, -0.05) is 11.6 Å². The maximum Gasteiger partial charge on any atom is 0.223 e. The lowest BCUT2D eigenvalue weighted by molar-refractivity contribution is -0.141. The molecule has 1 atom stereocenters. The SMILES string of the molecule is NCC1(C2CCCCN2C(=O)CCc2ccon2)CCC1. The summed E-state index contributed by atoms with van der Waals surface area (Å²) >= 11 is 0. The lowest BCUT2D eigenvalue weighted by atomic mass is 9.62. The van der Waals surface area contributed by atoms with Crippen molar-refractivity contribution in [2.45, 2.75) is 57.4 Å². The standard InChI is InChI=1S/C16H25N3O2/c17-12-16(8-3-9-16)14-4-1-2-10-19(14)15(20)6-5-13-7-11-21-18-13/h7,11,14H,1-6,8-10,12,17H2. The molecule has 0 radical (unpaired) electrons. The van der Waals surface area contributed by atoms with Gasteiger partial charge in [0, 0.05) is 36.9 Å². The van der Waals surface area contributed by atoms with Crippen molar-refractivity contribution in [3.63, 3.8) is 0 Å². The second-order valence-electron chi connectivity index (χ2n) is 6.51.